The molecule has 0 saturated carbocycles. The van der Waals surface area contributed by atoms with E-state index in [9.17, 15) is 4.79 Å². The number of esters is 1. The minimum atomic E-state index is -0.0719. The van der Waals surface area contributed by atoms with Crippen LogP contribution in [-0.2, 0) is 9.53 Å². The maximum Gasteiger partial charge on any atom is 0.323 e. The van der Waals surface area contributed by atoms with E-state index in [2.05, 4.69) is 21.3 Å². The average Bonchev–Trinajstić information content (AvgIpc) is 3.14. The fourth-order valence-corrected chi connectivity index (χ4v) is 2.94. The fourth-order valence-electron chi connectivity index (χ4n) is 2.94. The molecule has 0 radical (unpaired) electrons. The summed E-state index contributed by atoms with van der Waals surface area (Å²) in [6.45, 7) is 3.26. The van der Waals surface area contributed by atoms with E-state index in [0.29, 0.717) is 18.1 Å². The zero-order chi connectivity index (χ0) is 14.7. The third-order valence-electron chi connectivity index (χ3n) is 4.13. The molecule has 0 bridgehead atoms. The van der Waals surface area contributed by atoms with Crippen molar-refractivity contribution in [3.8, 4) is 6.07 Å². The standard InChI is InChI=1S/C15H18N4O2/c16-7-11-1-2-14(17-8-11)18-9-12-3-5-19(10-12)13-4-6-21-15(13)20/h1-2,8,12-13H,3-6,9-10H2,(H,17,18)/t12-,13+/m0/s1. The molecule has 2 saturated heterocycles. The van der Waals surface area contributed by atoms with Crippen LogP contribution < -0.4 is 5.32 Å². The molecule has 3 heterocycles. The predicted molar refractivity (Wildman–Crippen MR) is 76.5 cm³/mol. The number of hydrogen-bond donors (Lipinski definition) is 1. The monoisotopic (exact) mass is 286 g/mol. The van der Waals surface area contributed by atoms with E-state index < -0.39 is 0 Å². The van der Waals surface area contributed by atoms with E-state index in [4.69, 9.17) is 10.00 Å². The van der Waals surface area contributed by atoms with Gasteiger partial charge >= 0.3 is 5.97 Å². The Kier molecular flexibility index (Phi) is 4.02. The third kappa shape index (κ3) is 3.14. The first-order chi connectivity index (χ1) is 10.3. The van der Waals surface area contributed by atoms with E-state index in [-0.39, 0.29) is 12.0 Å². The Bertz CT molecular complexity index is 552. The van der Waals surface area contributed by atoms with Crippen molar-refractivity contribution >= 4 is 11.8 Å². The minimum Gasteiger partial charge on any atom is -0.464 e. The molecule has 0 spiro atoms. The number of carbonyl (C=O) groups is 1. The highest BCUT2D eigenvalue weighted by atomic mass is 16.5. The van der Waals surface area contributed by atoms with Crippen LogP contribution in [0.25, 0.3) is 0 Å². The molecule has 1 aromatic heterocycles. The third-order valence-corrected chi connectivity index (χ3v) is 4.13. The van der Waals surface area contributed by atoms with E-state index in [1.807, 2.05) is 6.07 Å². The molecule has 21 heavy (non-hydrogen) atoms. The second kappa shape index (κ2) is 6.10. The summed E-state index contributed by atoms with van der Waals surface area (Å²) in [5.74, 6) is 1.22. The van der Waals surface area contributed by atoms with Crippen molar-refractivity contribution in [1.82, 2.24) is 9.88 Å². The van der Waals surface area contributed by atoms with Gasteiger partial charge in [0.2, 0.25) is 0 Å². The summed E-state index contributed by atoms with van der Waals surface area (Å²) >= 11 is 0. The molecule has 2 atom stereocenters. The number of pyridine rings is 1. The number of carbonyl (C=O) groups excluding carboxylic acids is 1. The zero-order valence-electron chi connectivity index (χ0n) is 11.8. The van der Waals surface area contributed by atoms with Crippen LogP contribution in [0.4, 0.5) is 5.82 Å². The van der Waals surface area contributed by atoms with Gasteiger partial charge in [-0.15, -0.1) is 0 Å². The molecule has 1 N–H and O–H groups in total. The van der Waals surface area contributed by atoms with Crippen LogP contribution >= 0.6 is 0 Å². The molecule has 2 aliphatic heterocycles. The van der Waals surface area contributed by atoms with Crippen LogP contribution in [0.1, 0.15) is 18.4 Å². The largest absolute Gasteiger partial charge is 0.464 e. The molecule has 1 aromatic rings. The van der Waals surface area contributed by atoms with Crippen LogP contribution in [0.3, 0.4) is 0 Å². The lowest BCUT2D eigenvalue weighted by Gasteiger charge is -2.20. The van der Waals surface area contributed by atoms with Crippen molar-refractivity contribution in [3.63, 3.8) is 0 Å². The van der Waals surface area contributed by atoms with Gasteiger partial charge in [-0.1, -0.05) is 0 Å². The quantitative estimate of drug-likeness (QED) is 0.832. The molecule has 6 heteroatoms. The van der Waals surface area contributed by atoms with Crippen LogP contribution in [0, 0.1) is 17.2 Å². The number of likely N-dealkylation sites (tertiary alicyclic amines) is 1. The number of rotatable bonds is 4. The lowest BCUT2D eigenvalue weighted by Crippen LogP contribution is -2.37. The number of nitrogens with one attached hydrogen (secondary N) is 1. The molecule has 3 rings (SSSR count). The van der Waals surface area contributed by atoms with Gasteiger partial charge in [0.15, 0.2) is 0 Å². The second-order valence-electron chi connectivity index (χ2n) is 5.55. The molecule has 110 valence electrons. The maximum atomic E-state index is 11.6. The molecule has 0 amide bonds. The number of ether oxygens (including phenoxy) is 1. The van der Waals surface area contributed by atoms with Gasteiger partial charge in [-0.05, 0) is 31.0 Å². The smallest absolute Gasteiger partial charge is 0.323 e. The van der Waals surface area contributed by atoms with Crippen LogP contribution in [0.5, 0.6) is 0 Å². The molecular weight excluding hydrogens is 268 g/mol. The van der Waals surface area contributed by atoms with E-state index in [1.54, 1.807) is 12.3 Å². The molecule has 2 fully saturated rings. The van der Waals surface area contributed by atoms with Crippen molar-refractivity contribution in [3.05, 3.63) is 23.9 Å². The number of nitriles is 1. The Morgan fingerprint density at radius 3 is 3.05 bits per heavy atom. The Morgan fingerprint density at radius 1 is 1.48 bits per heavy atom. The molecule has 0 aromatic carbocycles. The highest BCUT2D eigenvalue weighted by Gasteiger charge is 2.36. The number of aromatic nitrogens is 1. The van der Waals surface area contributed by atoms with Gasteiger partial charge in [0.05, 0.1) is 12.2 Å². The van der Waals surface area contributed by atoms with Gasteiger partial charge in [0.25, 0.3) is 0 Å². The van der Waals surface area contributed by atoms with Gasteiger partial charge in [-0.3, -0.25) is 9.69 Å². The van der Waals surface area contributed by atoms with Crippen molar-refractivity contribution in [2.45, 2.75) is 18.9 Å². The fraction of sp³-hybridized carbons (Fsp3) is 0.533. The number of cyclic esters (lactones) is 1. The van der Waals surface area contributed by atoms with Crippen LogP contribution in [0.15, 0.2) is 18.3 Å². The Balaban J connectivity index is 1.48. The summed E-state index contributed by atoms with van der Waals surface area (Å²) in [6.07, 6.45) is 3.46. The number of hydrogen-bond acceptors (Lipinski definition) is 6. The lowest BCUT2D eigenvalue weighted by atomic mass is 10.1. The zero-order valence-corrected chi connectivity index (χ0v) is 11.8. The highest BCUT2D eigenvalue weighted by Crippen LogP contribution is 2.23. The lowest BCUT2D eigenvalue weighted by molar-refractivity contribution is -0.142. The van der Waals surface area contributed by atoms with Gasteiger partial charge in [0, 0.05) is 25.7 Å². The number of nitrogens with zero attached hydrogens (tertiary/aromatic N) is 3. The molecule has 0 aliphatic carbocycles. The topological polar surface area (TPSA) is 78.3 Å². The van der Waals surface area contributed by atoms with Gasteiger partial charge in [0.1, 0.15) is 17.9 Å². The summed E-state index contributed by atoms with van der Waals surface area (Å²) in [5, 5.41) is 12.0. The molecular formula is C15H18N4O2. The Labute approximate surface area is 123 Å². The summed E-state index contributed by atoms with van der Waals surface area (Å²) in [4.78, 5) is 18.0. The van der Waals surface area contributed by atoms with Gasteiger partial charge < -0.3 is 10.1 Å². The van der Waals surface area contributed by atoms with Crippen LogP contribution in [-0.4, -0.2) is 48.1 Å². The van der Waals surface area contributed by atoms with Crippen LogP contribution in [0.2, 0.25) is 0 Å². The molecule has 2 aliphatic rings. The normalized spacial score (nSPS) is 25.6. The van der Waals surface area contributed by atoms with Crippen molar-refractivity contribution in [1.29, 1.82) is 5.26 Å². The van der Waals surface area contributed by atoms with Gasteiger partial charge in [-0.25, -0.2) is 4.98 Å². The van der Waals surface area contributed by atoms with Gasteiger partial charge in [-0.2, -0.15) is 5.26 Å². The SMILES string of the molecule is N#Cc1ccc(NC[C@@H]2CCN([C@@H]3CCOC3=O)C2)nc1. The highest BCUT2D eigenvalue weighted by molar-refractivity contribution is 5.77. The molecule has 0 unspecified atom stereocenters. The average molecular weight is 286 g/mol. The predicted octanol–water partition coefficient (Wildman–Crippen LogP) is 1.00. The summed E-state index contributed by atoms with van der Waals surface area (Å²) in [6, 6.07) is 5.59. The van der Waals surface area contributed by atoms with Crippen molar-refractivity contribution in [2.24, 2.45) is 5.92 Å². The van der Waals surface area contributed by atoms with E-state index >= 15 is 0 Å². The summed E-state index contributed by atoms with van der Waals surface area (Å²) in [7, 11) is 0. The molecule has 6 nitrogen and oxygen atoms in total. The van der Waals surface area contributed by atoms with Crippen molar-refractivity contribution in [2.75, 3.05) is 31.6 Å². The van der Waals surface area contributed by atoms with E-state index in [0.717, 1.165) is 38.3 Å². The maximum absolute atomic E-state index is 11.6. The summed E-state index contributed by atoms with van der Waals surface area (Å²) < 4.78 is 5.03. The first-order valence-electron chi connectivity index (χ1n) is 7.27. The Hall–Kier alpha value is -2.13. The number of anilines is 1. The first kappa shape index (κ1) is 13.8. The summed E-state index contributed by atoms with van der Waals surface area (Å²) in [5.41, 5.74) is 0.562. The second-order valence-corrected chi connectivity index (χ2v) is 5.55. The van der Waals surface area contributed by atoms with E-state index in [1.165, 1.54) is 0 Å². The Morgan fingerprint density at radius 2 is 2.38 bits per heavy atom. The first-order valence-corrected chi connectivity index (χ1v) is 7.27. The minimum absolute atomic E-state index is 0.0389. The van der Waals surface area contributed by atoms with Crippen molar-refractivity contribution < 1.29 is 9.53 Å².